The van der Waals surface area contributed by atoms with Crippen LogP contribution < -0.4 is 4.57 Å². The van der Waals surface area contributed by atoms with Crippen LogP contribution >= 0.6 is 0 Å². The third-order valence-corrected chi connectivity index (χ3v) is 2.67. The van der Waals surface area contributed by atoms with Gasteiger partial charge in [-0.3, -0.25) is 0 Å². The van der Waals surface area contributed by atoms with Gasteiger partial charge in [0.15, 0.2) is 6.20 Å². The highest BCUT2D eigenvalue weighted by Crippen LogP contribution is 2.20. The van der Waals surface area contributed by atoms with Crippen LogP contribution in [0.2, 0.25) is 0 Å². The minimum Gasteiger partial charge on any atom is -0.356 e. The van der Waals surface area contributed by atoms with Crippen molar-refractivity contribution >= 4 is 21.8 Å². The second-order valence-corrected chi connectivity index (χ2v) is 3.56. The van der Waals surface area contributed by atoms with E-state index in [0.29, 0.717) is 0 Å². The molecule has 0 unspecified atom stereocenters. The molecule has 2 nitrogen and oxygen atoms in total. The minimum absolute atomic E-state index is 1.21. The maximum atomic E-state index is 3.28. The Morgan fingerprint density at radius 1 is 1.07 bits per heavy atom. The predicted octanol–water partition coefficient (Wildman–Crippen LogP) is 2.15. The van der Waals surface area contributed by atoms with Gasteiger partial charge in [0.1, 0.15) is 12.6 Å². The largest absolute Gasteiger partial charge is 0.356 e. The molecule has 0 aliphatic heterocycles. The van der Waals surface area contributed by atoms with Crippen molar-refractivity contribution in [2.24, 2.45) is 7.05 Å². The van der Waals surface area contributed by atoms with Crippen molar-refractivity contribution in [3.05, 3.63) is 42.7 Å². The van der Waals surface area contributed by atoms with E-state index in [1.165, 1.54) is 21.8 Å². The zero-order chi connectivity index (χ0) is 9.54. The fourth-order valence-electron chi connectivity index (χ4n) is 1.99. The summed E-state index contributed by atoms with van der Waals surface area (Å²) in [5, 5.41) is 2.53. The molecule has 2 aromatic heterocycles. The van der Waals surface area contributed by atoms with Crippen LogP contribution in [-0.4, -0.2) is 4.98 Å². The maximum absolute atomic E-state index is 3.28. The van der Waals surface area contributed by atoms with Gasteiger partial charge in [0.25, 0.3) is 0 Å². The number of aromatic amines is 1. The van der Waals surface area contributed by atoms with E-state index in [-0.39, 0.29) is 0 Å². The van der Waals surface area contributed by atoms with Gasteiger partial charge in [-0.1, -0.05) is 6.07 Å². The van der Waals surface area contributed by atoms with Gasteiger partial charge in [-0.15, -0.1) is 0 Å². The Labute approximate surface area is 81.8 Å². The van der Waals surface area contributed by atoms with E-state index < -0.39 is 0 Å². The number of aromatic nitrogens is 2. The minimum atomic E-state index is 1.21. The highest BCUT2D eigenvalue weighted by Gasteiger charge is 2.09. The Morgan fingerprint density at radius 3 is 2.86 bits per heavy atom. The Bertz CT molecular complexity index is 608. The highest BCUT2D eigenvalue weighted by atomic mass is 14.9. The quantitative estimate of drug-likeness (QED) is 0.515. The monoisotopic (exact) mass is 183 g/mol. The molecule has 0 spiro atoms. The molecule has 0 saturated carbocycles. The van der Waals surface area contributed by atoms with Gasteiger partial charge in [0, 0.05) is 23.0 Å². The van der Waals surface area contributed by atoms with Gasteiger partial charge in [0.2, 0.25) is 5.52 Å². The van der Waals surface area contributed by atoms with E-state index in [0.717, 1.165) is 0 Å². The van der Waals surface area contributed by atoms with Crippen LogP contribution in [0.1, 0.15) is 0 Å². The number of benzene rings is 1. The lowest BCUT2D eigenvalue weighted by atomic mass is 10.1. The van der Waals surface area contributed by atoms with Crippen molar-refractivity contribution in [2.45, 2.75) is 0 Å². The van der Waals surface area contributed by atoms with Crippen LogP contribution in [0.25, 0.3) is 21.8 Å². The summed E-state index contributed by atoms with van der Waals surface area (Å²) in [6, 6.07) is 10.6. The first kappa shape index (κ1) is 7.56. The summed E-state index contributed by atoms with van der Waals surface area (Å²) in [5.74, 6) is 0. The van der Waals surface area contributed by atoms with Crippen molar-refractivity contribution in [1.82, 2.24) is 4.98 Å². The molecule has 68 valence electrons. The van der Waals surface area contributed by atoms with E-state index in [1.807, 2.05) is 6.20 Å². The second-order valence-electron chi connectivity index (χ2n) is 3.56. The lowest BCUT2D eigenvalue weighted by Crippen LogP contribution is -2.28. The summed E-state index contributed by atoms with van der Waals surface area (Å²) in [5.41, 5.74) is 2.47. The first-order valence-corrected chi connectivity index (χ1v) is 4.71. The van der Waals surface area contributed by atoms with Crippen molar-refractivity contribution in [2.75, 3.05) is 0 Å². The number of pyridine rings is 1. The first-order chi connectivity index (χ1) is 6.86. The van der Waals surface area contributed by atoms with Crippen LogP contribution in [0.5, 0.6) is 0 Å². The molecule has 14 heavy (non-hydrogen) atoms. The molecule has 2 heterocycles. The van der Waals surface area contributed by atoms with E-state index in [1.54, 1.807) is 0 Å². The summed E-state index contributed by atoms with van der Waals surface area (Å²) in [4.78, 5) is 3.28. The fourth-order valence-corrected chi connectivity index (χ4v) is 1.99. The normalized spacial score (nSPS) is 11.2. The van der Waals surface area contributed by atoms with E-state index >= 15 is 0 Å². The molecule has 2 heteroatoms. The SMILES string of the molecule is C[n+]1cccc2ccc3cc[nH]c3c21. The molecule has 0 atom stereocenters. The summed E-state index contributed by atoms with van der Waals surface area (Å²) < 4.78 is 2.15. The van der Waals surface area contributed by atoms with Gasteiger partial charge in [0.05, 0.1) is 0 Å². The average molecular weight is 183 g/mol. The number of H-pyrrole nitrogens is 1. The van der Waals surface area contributed by atoms with Gasteiger partial charge < -0.3 is 4.98 Å². The second kappa shape index (κ2) is 2.58. The molecule has 1 aromatic carbocycles. The summed E-state index contributed by atoms with van der Waals surface area (Å²) in [6.07, 6.45) is 4.06. The third kappa shape index (κ3) is 0.880. The van der Waals surface area contributed by atoms with Gasteiger partial charge >= 0.3 is 0 Å². The highest BCUT2D eigenvalue weighted by molar-refractivity contribution is 6.01. The zero-order valence-corrected chi connectivity index (χ0v) is 7.99. The van der Waals surface area contributed by atoms with Crippen molar-refractivity contribution in [1.29, 1.82) is 0 Å². The van der Waals surface area contributed by atoms with Crippen LogP contribution in [0.15, 0.2) is 42.7 Å². The smallest absolute Gasteiger partial charge is 0.236 e. The molecule has 0 aliphatic rings. The van der Waals surface area contributed by atoms with Crippen molar-refractivity contribution in [3.8, 4) is 0 Å². The van der Waals surface area contributed by atoms with Crippen LogP contribution in [-0.2, 0) is 7.05 Å². The molecule has 3 aromatic rings. The van der Waals surface area contributed by atoms with Crippen molar-refractivity contribution in [3.63, 3.8) is 0 Å². The molecule has 0 fully saturated rings. The van der Waals surface area contributed by atoms with Gasteiger partial charge in [-0.25, -0.2) is 0 Å². The summed E-state index contributed by atoms with van der Waals surface area (Å²) in [7, 11) is 2.07. The number of hydrogen-bond acceptors (Lipinski definition) is 0. The molecule has 0 saturated heterocycles. The number of aryl methyl sites for hydroxylation is 1. The molecule has 0 amide bonds. The van der Waals surface area contributed by atoms with Crippen molar-refractivity contribution < 1.29 is 4.57 Å². The molecule has 0 radical (unpaired) electrons. The maximum Gasteiger partial charge on any atom is 0.236 e. The molecular weight excluding hydrogens is 172 g/mol. The number of hydrogen-bond donors (Lipinski definition) is 1. The van der Waals surface area contributed by atoms with Crippen LogP contribution in [0.3, 0.4) is 0 Å². The zero-order valence-electron chi connectivity index (χ0n) is 7.99. The Morgan fingerprint density at radius 2 is 1.93 bits per heavy atom. The van der Waals surface area contributed by atoms with Gasteiger partial charge in [-0.2, -0.15) is 4.57 Å². The molecule has 3 rings (SSSR count). The number of nitrogens with one attached hydrogen (secondary N) is 1. The average Bonchev–Trinajstić information content (AvgIpc) is 2.65. The first-order valence-electron chi connectivity index (χ1n) is 4.71. The number of fused-ring (bicyclic) bond motifs is 3. The summed E-state index contributed by atoms with van der Waals surface area (Å²) >= 11 is 0. The Hall–Kier alpha value is -1.83. The third-order valence-electron chi connectivity index (χ3n) is 2.67. The Balaban J connectivity index is 2.67. The lowest BCUT2D eigenvalue weighted by Gasteiger charge is -1.97. The molecule has 0 aliphatic carbocycles. The molecular formula is C12H11N2+. The van der Waals surface area contributed by atoms with E-state index in [9.17, 15) is 0 Å². The Kier molecular flexibility index (Phi) is 1.39. The van der Waals surface area contributed by atoms with Crippen LogP contribution in [0, 0.1) is 0 Å². The fraction of sp³-hybridized carbons (Fsp3) is 0.0833. The number of nitrogens with zero attached hydrogens (tertiary/aromatic N) is 1. The predicted molar refractivity (Wildman–Crippen MR) is 57.0 cm³/mol. The molecule has 1 N–H and O–H groups in total. The van der Waals surface area contributed by atoms with Gasteiger partial charge in [-0.05, 0) is 18.2 Å². The summed E-state index contributed by atoms with van der Waals surface area (Å²) in [6.45, 7) is 0. The standard InChI is InChI=1S/C12H10N2/c1-14-8-2-3-10-5-4-9-6-7-13-11(9)12(10)14/h2-8H,1H3/p+1. The van der Waals surface area contributed by atoms with Crippen LogP contribution in [0.4, 0.5) is 0 Å². The molecule has 0 bridgehead atoms. The lowest BCUT2D eigenvalue weighted by molar-refractivity contribution is -0.644. The topological polar surface area (TPSA) is 19.7 Å². The number of rotatable bonds is 0. The van der Waals surface area contributed by atoms with E-state index in [2.05, 4.69) is 53.1 Å². The van der Waals surface area contributed by atoms with E-state index in [4.69, 9.17) is 0 Å².